The van der Waals surface area contributed by atoms with Crippen molar-refractivity contribution >= 4 is 11.9 Å². The van der Waals surface area contributed by atoms with Crippen LogP contribution < -0.4 is 5.32 Å². The van der Waals surface area contributed by atoms with Crippen LogP contribution >= 0.6 is 0 Å². The maximum Gasteiger partial charge on any atom is 0.306 e. The highest BCUT2D eigenvalue weighted by molar-refractivity contribution is 5.77. The monoisotopic (exact) mass is 850 g/mol. The van der Waals surface area contributed by atoms with Crippen LogP contribution in [-0.2, 0) is 14.3 Å². The van der Waals surface area contributed by atoms with Crippen molar-refractivity contribution in [2.75, 3.05) is 6.61 Å². The van der Waals surface area contributed by atoms with Crippen LogP contribution in [0.5, 0.6) is 0 Å². The Labute approximate surface area is 376 Å². The van der Waals surface area contributed by atoms with E-state index in [4.69, 9.17) is 4.74 Å². The summed E-state index contributed by atoms with van der Waals surface area (Å²) >= 11 is 0. The molecule has 0 spiro atoms. The summed E-state index contributed by atoms with van der Waals surface area (Å²) in [6, 6.07) is -0.727. The summed E-state index contributed by atoms with van der Waals surface area (Å²) in [7, 11) is 0. The number of aliphatic hydroxyl groups is 2. The highest BCUT2D eigenvalue weighted by atomic mass is 16.5. The molecule has 0 aromatic heterocycles. The van der Waals surface area contributed by atoms with Crippen LogP contribution in [0.4, 0.5) is 0 Å². The van der Waals surface area contributed by atoms with E-state index in [0.29, 0.717) is 19.3 Å². The minimum Gasteiger partial charge on any atom is -0.462 e. The van der Waals surface area contributed by atoms with Crippen molar-refractivity contribution in [2.45, 2.75) is 244 Å². The van der Waals surface area contributed by atoms with Crippen molar-refractivity contribution in [1.82, 2.24) is 5.32 Å². The summed E-state index contributed by atoms with van der Waals surface area (Å²) in [6.07, 6.45) is 62.1. The fraction of sp³-hybridized carbons (Fsp3) is 0.709. The molecule has 350 valence electrons. The van der Waals surface area contributed by atoms with E-state index in [1.807, 2.05) is 0 Å². The molecule has 0 bridgehead atoms. The Morgan fingerprint density at radius 2 is 0.902 bits per heavy atom. The third kappa shape index (κ3) is 43.5. The van der Waals surface area contributed by atoms with Gasteiger partial charge in [-0.3, -0.25) is 9.59 Å². The van der Waals surface area contributed by atoms with Crippen LogP contribution in [0.3, 0.4) is 0 Å². The van der Waals surface area contributed by atoms with Gasteiger partial charge in [0.15, 0.2) is 0 Å². The van der Waals surface area contributed by atoms with Gasteiger partial charge in [0.25, 0.3) is 0 Å². The van der Waals surface area contributed by atoms with Crippen molar-refractivity contribution in [1.29, 1.82) is 0 Å². The normalized spacial score (nSPS) is 14.0. The lowest BCUT2D eigenvalue weighted by atomic mass is 10.0. The minimum atomic E-state index is -0.809. The number of allylic oxidation sites excluding steroid dienone is 14. The zero-order valence-corrected chi connectivity index (χ0v) is 39.8. The van der Waals surface area contributed by atoms with E-state index >= 15 is 0 Å². The summed E-state index contributed by atoms with van der Waals surface area (Å²) in [5, 5.41) is 23.7. The molecule has 3 N–H and O–H groups in total. The zero-order chi connectivity index (χ0) is 44.5. The summed E-state index contributed by atoms with van der Waals surface area (Å²) in [5.74, 6) is -0.560. The number of carbonyl (C=O) groups excluding carboxylic acids is 2. The topological polar surface area (TPSA) is 95.9 Å². The van der Waals surface area contributed by atoms with Crippen LogP contribution in [0.25, 0.3) is 0 Å². The minimum absolute atomic E-state index is 0.0268. The molecule has 1 amide bonds. The Morgan fingerprint density at radius 1 is 0.492 bits per heavy atom. The zero-order valence-electron chi connectivity index (χ0n) is 39.8. The van der Waals surface area contributed by atoms with Gasteiger partial charge in [-0.25, -0.2) is 0 Å². The van der Waals surface area contributed by atoms with Gasteiger partial charge in [-0.15, -0.1) is 0 Å². The lowest BCUT2D eigenvalue weighted by molar-refractivity contribution is -0.151. The van der Waals surface area contributed by atoms with Crippen molar-refractivity contribution in [2.24, 2.45) is 0 Å². The maximum atomic E-state index is 13.2. The number of unbranched alkanes of at least 4 members (excludes halogenated alkanes) is 18. The number of nitrogens with one attached hydrogen (secondary N) is 1. The van der Waals surface area contributed by atoms with Gasteiger partial charge in [-0.1, -0.05) is 202 Å². The second kappa shape index (κ2) is 48.1. The molecule has 0 aliphatic carbocycles. The summed E-state index contributed by atoms with van der Waals surface area (Å²) in [4.78, 5) is 26.1. The quantitative estimate of drug-likeness (QED) is 0.0322. The fourth-order valence-corrected chi connectivity index (χ4v) is 7.14. The molecule has 0 aromatic rings. The number of carbonyl (C=O) groups is 2. The summed E-state index contributed by atoms with van der Waals surface area (Å²) in [6.45, 7) is 6.30. The van der Waals surface area contributed by atoms with Gasteiger partial charge >= 0.3 is 5.97 Å². The number of hydrogen-bond donors (Lipinski definition) is 3. The molecule has 6 nitrogen and oxygen atoms in total. The standard InChI is InChI=1S/C55H95NO5/c1-4-7-10-13-16-19-22-24-26-27-28-29-32-34-37-40-43-46-51(61-55(60)48-45-42-39-36-33-30-25-23-20-17-14-11-8-5-2)49-54(59)56-52(50-57)53(58)47-44-41-38-35-31-21-18-15-12-9-6-3/h8,11,16-17,19-20,24-26,28-30,34,37,51-53,57-58H,4-7,9-10,12-15,18,21-23,27,31-33,35-36,38-50H2,1-3H3,(H,56,59)/b11-8+,19-16-,20-17+,26-24-,29-28-,30-25+,37-34-. The molecular formula is C55H95NO5. The highest BCUT2D eigenvalue weighted by Gasteiger charge is 2.24. The number of rotatable bonds is 44. The SMILES string of the molecule is CC/C=C/C/C=C/C/C=C/CCCCCCC(=O)OC(CCC/C=C\C/C=C\C/C=C\C/C=C\CCCCC)CC(=O)NC(CO)C(O)CCCCCCCCCCCCC. The van der Waals surface area contributed by atoms with Gasteiger partial charge in [-0.2, -0.15) is 0 Å². The van der Waals surface area contributed by atoms with Gasteiger partial charge in [0.1, 0.15) is 6.10 Å². The van der Waals surface area contributed by atoms with Gasteiger partial charge in [0.2, 0.25) is 5.91 Å². The van der Waals surface area contributed by atoms with E-state index in [2.05, 4.69) is 111 Å². The first-order chi connectivity index (χ1) is 30.0. The van der Waals surface area contributed by atoms with Crippen LogP contribution in [0, 0.1) is 0 Å². The van der Waals surface area contributed by atoms with E-state index in [1.54, 1.807) is 0 Å². The van der Waals surface area contributed by atoms with Crippen LogP contribution in [0.1, 0.15) is 226 Å². The van der Waals surface area contributed by atoms with Gasteiger partial charge in [0.05, 0.1) is 25.2 Å². The second-order valence-corrected chi connectivity index (χ2v) is 16.8. The molecule has 0 saturated heterocycles. The Hall–Kier alpha value is -2.96. The third-order valence-corrected chi connectivity index (χ3v) is 11.0. The second-order valence-electron chi connectivity index (χ2n) is 16.8. The number of amides is 1. The van der Waals surface area contributed by atoms with Crippen molar-refractivity contribution in [3.8, 4) is 0 Å². The van der Waals surface area contributed by atoms with Gasteiger partial charge in [0, 0.05) is 6.42 Å². The van der Waals surface area contributed by atoms with Gasteiger partial charge < -0.3 is 20.3 Å². The highest BCUT2D eigenvalue weighted by Crippen LogP contribution is 2.16. The number of esters is 1. The molecule has 0 aliphatic rings. The lowest BCUT2D eigenvalue weighted by Gasteiger charge is -2.24. The first kappa shape index (κ1) is 58.0. The smallest absolute Gasteiger partial charge is 0.306 e. The number of hydrogen-bond acceptors (Lipinski definition) is 5. The lowest BCUT2D eigenvalue weighted by Crippen LogP contribution is -2.46. The Balaban J connectivity index is 4.76. The average Bonchev–Trinajstić information content (AvgIpc) is 3.25. The van der Waals surface area contributed by atoms with E-state index in [9.17, 15) is 19.8 Å². The molecule has 0 rings (SSSR count). The average molecular weight is 850 g/mol. The molecule has 3 atom stereocenters. The molecule has 3 unspecified atom stereocenters. The molecule has 0 aromatic carbocycles. The van der Waals surface area contributed by atoms with Crippen molar-refractivity contribution < 1.29 is 24.5 Å². The molecule has 61 heavy (non-hydrogen) atoms. The Morgan fingerprint density at radius 3 is 1.41 bits per heavy atom. The molecular weight excluding hydrogens is 755 g/mol. The van der Waals surface area contributed by atoms with E-state index in [-0.39, 0.29) is 24.9 Å². The first-order valence-electron chi connectivity index (χ1n) is 25.3. The molecule has 0 aliphatic heterocycles. The van der Waals surface area contributed by atoms with E-state index in [1.165, 1.54) is 77.0 Å². The van der Waals surface area contributed by atoms with Crippen molar-refractivity contribution in [3.63, 3.8) is 0 Å². The molecule has 0 heterocycles. The van der Waals surface area contributed by atoms with Crippen molar-refractivity contribution in [3.05, 3.63) is 85.1 Å². The summed E-state index contributed by atoms with van der Waals surface area (Å²) < 4.78 is 5.89. The number of aliphatic hydroxyl groups excluding tert-OH is 2. The van der Waals surface area contributed by atoms with Crippen LogP contribution in [-0.4, -0.2) is 46.9 Å². The predicted octanol–water partition coefficient (Wildman–Crippen LogP) is 15.2. The van der Waals surface area contributed by atoms with Crippen LogP contribution in [0.15, 0.2) is 85.1 Å². The third-order valence-electron chi connectivity index (χ3n) is 11.0. The van der Waals surface area contributed by atoms with Gasteiger partial charge in [-0.05, 0) is 96.3 Å². The van der Waals surface area contributed by atoms with Crippen LogP contribution in [0.2, 0.25) is 0 Å². The molecule has 6 heteroatoms. The fourth-order valence-electron chi connectivity index (χ4n) is 7.14. The largest absolute Gasteiger partial charge is 0.462 e. The molecule has 0 saturated carbocycles. The number of ether oxygens (including phenoxy) is 1. The molecule has 0 fully saturated rings. The Kier molecular flexibility index (Phi) is 45.7. The predicted molar refractivity (Wildman–Crippen MR) is 264 cm³/mol. The van der Waals surface area contributed by atoms with E-state index < -0.39 is 18.2 Å². The maximum absolute atomic E-state index is 13.2. The Bertz CT molecular complexity index is 1180. The summed E-state index contributed by atoms with van der Waals surface area (Å²) in [5.41, 5.74) is 0. The van der Waals surface area contributed by atoms with E-state index in [0.717, 1.165) is 103 Å². The first-order valence-corrected chi connectivity index (χ1v) is 25.3. The molecule has 0 radical (unpaired) electrons.